The van der Waals surface area contributed by atoms with Gasteiger partial charge in [-0.15, -0.1) is 0 Å². The molecule has 1 atom stereocenters. The molecule has 0 aliphatic heterocycles. The maximum atomic E-state index is 5.51. The summed E-state index contributed by atoms with van der Waals surface area (Å²) in [6.45, 7) is 0.848. The van der Waals surface area contributed by atoms with Gasteiger partial charge >= 0.3 is 0 Å². The van der Waals surface area contributed by atoms with Crippen LogP contribution in [0.25, 0.3) is 0 Å². The molecule has 2 saturated carbocycles. The van der Waals surface area contributed by atoms with Gasteiger partial charge in [0.2, 0.25) is 0 Å². The summed E-state index contributed by atoms with van der Waals surface area (Å²) in [5.41, 5.74) is 1.07. The van der Waals surface area contributed by atoms with E-state index in [1.165, 1.54) is 25.7 Å². The molecular formula is C13H19N3O. The van der Waals surface area contributed by atoms with E-state index in [0.29, 0.717) is 5.92 Å². The van der Waals surface area contributed by atoms with E-state index in [1.54, 1.807) is 7.11 Å². The largest absolute Gasteiger partial charge is 0.373 e. The van der Waals surface area contributed by atoms with Crippen LogP contribution in [-0.4, -0.2) is 23.1 Å². The van der Waals surface area contributed by atoms with Gasteiger partial charge in [-0.25, -0.2) is 9.97 Å². The average molecular weight is 233 g/mol. The van der Waals surface area contributed by atoms with Crippen molar-refractivity contribution >= 4 is 0 Å². The molecule has 1 N–H and O–H groups in total. The van der Waals surface area contributed by atoms with Crippen LogP contribution in [0, 0.1) is 5.92 Å². The van der Waals surface area contributed by atoms with Gasteiger partial charge in [0, 0.05) is 25.9 Å². The Morgan fingerprint density at radius 1 is 1.41 bits per heavy atom. The fourth-order valence-electron chi connectivity index (χ4n) is 2.09. The molecule has 92 valence electrons. The van der Waals surface area contributed by atoms with Crippen LogP contribution in [0.1, 0.15) is 43.3 Å². The molecule has 1 aromatic heterocycles. The highest BCUT2D eigenvalue weighted by molar-refractivity contribution is 5.07. The van der Waals surface area contributed by atoms with E-state index >= 15 is 0 Å². The topological polar surface area (TPSA) is 47.0 Å². The van der Waals surface area contributed by atoms with E-state index in [2.05, 4.69) is 15.3 Å². The van der Waals surface area contributed by atoms with Gasteiger partial charge in [-0.1, -0.05) is 0 Å². The summed E-state index contributed by atoms with van der Waals surface area (Å²) < 4.78 is 5.51. The summed E-state index contributed by atoms with van der Waals surface area (Å²) in [6, 6.07) is 2.70. The summed E-state index contributed by atoms with van der Waals surface area (Å²) >= 11 is 0. The molecule has 4 heteroatoms. The Labute approximate surface area is 102 Å². The highest BCUT2D eigenvalue weighted by Gasteiger charge is 2.34. The molecule has 1 unspecified atom stereocenters. The van der Waals surface area contributed by atoms with Gasteiger partial charge in [0.05, 0.1) is 5.69 Å². The molecule has 0 aromatic carbocycles. The Bertz CT molecular complexity index is 388. The summed E-state index contributed by atoms with van der Waals surface area (Å²) in [5, 5.41) is 3.47. The number of rotatable bonds is 6. The van der Waals surface area contributed by atoms with Crippen molar-refractivity contribution < 1.29 is 4.74 Å². The normalized spacial score (nSPS) is 21.5. The van der Waals surface area contributed by atoms with E-state index in [1.807, 2.05) is 12.3 Å². The second kappa shape index (κ2) is 4.70. The highest BCUT2D eigenvalue weighted by atomic mass is 16.5. The summed E-state index contributed by atoms with van der Waals surface area (Å²) in [6.07, 6.45) is 7.04. The van der Waals surface area contributed by atoms with Crippen molar-refractivity contribution in [1.82, 2.24) is 15.3 Å². The predicted octanol–water partition coefficient (Wildman–Crippen LogP) is 1.83. The van der Waals surface area contributed by atoms with Gasteiger partial charge in [-0.2, -0.15) is 0 Å². The third-order valence-corrected chi connectivity index (χ3v) is 3.44. The quantitative estimate of drug-likeness (QED) is 0.814. The van der Waals surface area contributed by atoms with Crippen molar-refractivity contribution in [2.75, 3.05) is 7.11 Å². The van der Waals surface area contributed by atoms with E-state index in [0.717, 1.165) is 24.1 Å². The molecule has 4 nitrogen and oxygen atoms in total. The van der Waals surface area contributed by atoms with Crippen LogP contribution in [0.3, 0.4) is 0 Å². The zero-order valence-corrected chi connectivity index (χ0v) is 10.2. The van der Waals surface area contributed by atoms with Crippen molar-refractivity contribution in [2.24, 2.45) is 5.92 Å². The maximum absolute atomic E-state index is 5.51. The van der Waals surface area contributed by atoms with Crippen molar-refractivity contribution in [3.8, 4) is 0 Å². The Morgan fingerprint density at radius 3 is 2.88 bits per heavy atom. The zero-order chi connectivity index (χ0) is 11.7. The van der Waals surface area contributed by atoms with Crippen LogP contribution in [-0.2, 0) is 11.3 Å². The summed E-state index contributed by atoms with van der Waals surface area (Å²) in [4.78, 5) is 8.96. The molecule has 1 aromatic rings. The molecular weight excluding hydrogens is 214 g/mol. The van der Waals surface area contributed by atoms with Crippen LogP contribution in [0.4, 0.5) is 0 Å². The fourth-order valence-corrected chi connectivity index (χ4v) is 2.09. The van der Waals surface area contributed by atoms with Crippen molar-refractivity contribution in [3.05, 3.63) is 23.8 Å². The van der Waals surface area contributed by atoms with Crippen LogP contribution < -0.4 is 5.32 Å². The van der Waals surface area contributed by atoms with E-state index in [-0.39, 0.29) is 6.10 Å². The first-order valence-electron chi connectivity index (χ1n) is 6.45. The highest BCUT2D eigenvalue weighted by Crippen LogP contribution is 2.41. The Kier molecular flexibility index (Phi) is 3.07. The van der Waals surface area contributed by atoms with Crippen LogP contribution in [0.15, 0.2) is 12.3 Å². The number of hydrogen-bond acceptors (Lipinski definition) is 4. The molecule has 2 aliphatic rings. The number of methoxy groups -OCH3 is 1. The fraction of sp³-hybridized carbons (Fsp3) is 0.692. The lowest BCUT2D eigenvalue weighted by Crippen LogP contribution is -2.18. The SMILES string of the molecule is COC(c1nccc(CNC2CC2)n1)C1CC1. The second-order valence-corrected chi connectivity index (χ2v) is 5.06. The van der Waals surface area contributed by atoms with Gasteiger partial charge in [0.15, 0.2) is 5.82 Å². The first-order chi connectivity index (χ1) is 8.36. The molecule has 0 saturated heterocycles. The molecule has 17 heavy (non-hydrogen) atoms. The van der Waals surface area contributed by atoms with Gasteiger partial charge in [-0.05, 0) is 37.7 Å². The Hall–Kier alpha value is -1.00. The standard InChI is InChI=1S/C13H19N3O/c1-17-12(9-2-3-9)13-14-7-6-11(16-13)8-15-10-4-5-10/h6-7,9-10,12,15H,2-5,8H2,1H3. The maximum Gasteiger partial charge on any atom is 0.157 e. The van der Waals surface area contributed by atoms with Gasteiger partial charge in [0.1, 0.15) is 6.10 Å². The number of nitrogens with zero attached hydrogens (tertiary/aromatic N) is 2. The third kappa shape index (κ3) is 2.82. The van der Waals surface area contributed by atoms with E-state index < -0.39 is 0 Å². The van der Waals surface area contributed by atoms with Crippen molar-refractivity contribution in [3.63, 3.8) is 0 Å². The number of hydrogen-bond donors (Lipinski definition) is 1. The van der Waals surface area contributed by atoms with E-state index in [9.17, 15) is 0 Å². The molecule has 0 radical (unpaired) electrons. The minimum atomic E-state index is 0.0934. The first-order valence-corrected chi connectivity index (χ1v) is 6.45. The lowest BCUT2D eigenvalue weighted by Gasteiger charge is -2.13. The third-order valence-electron chi connectivity index (χ3n) is 3.44. The predicted molar refractivity (Wildman–Crippen MR) is 64.4 cm³/mol. The molecule has 0 bridgehead atoms. The molecule has 2 fully saturated rings. The minimum absolute atomic E-state index is 0.0934. The first kappa shape index (κ1) is 11.1. The molecule has 0 amide bonds. The van der Waals surface area contributed by atoms with E-state index in [4.69, 9.17) is 4.74 Å². The summed E-state index contributed by atoms with van der Waals surface area (Å²) in [5.74, 6) is 1.48. The summed E-state index contributed by atoms with van der Waals surface area (Å²) in [7, 11) is 1.75. The van der Waals surface area contributed by atoms with Gasteiger partial charge in [0.25, 0.3) is 0 Å². The van der Waals surface area contributed by atoms with Gasteiger partial charge < -0.3 is 10.1 Å². The minimum Gasteiger partial charge on any atom is -0.373 e. The van der Waals surface area contributed by atoms with Crippen molar-refractivity contribution in [1.29, 1.82) is 0 Å². The number of nitrogens with one attached hydrogen (secondary N) is 1. The molecule has 1 heterocycles. The van der Waals surface area contributed by atoms with Crippen LogP contribution >= 0.6 is 0 Å². The molecule has 2 aliphatic carbocycles. The molecule has 0 spiro atoms. The smallest absolute Gasteiger partial charge is 0.157 e. The number of aromatic nitrogens is 2. The Morgan fingerprint density at radius 2 is 2.24 bits per heavy atom. The zero-order valence-electron chi connectivity index (χ0n) is 10.2. The van der Waals surface area contributed by atoms with Crippen LogP contribution in [0.5, 0.6) is 0 Å². The second-order valence-electron chi connectivity index (χ2n) is 5.06. The lowest BCUT2D eigenvalue weighted by atomic mass is 10.2. The number of ether oxygens (including phenoxy) is 1. The molecule has 3 rings (SSSR count). The lowest BCUT2D eigenvalue weighted by molar-refractivity contribution is 0.0770. The van der Waals surface area contributed by atoms with Crippen LogP contribution in [0.2, 0.25) is 0 Å². The van der Waals surface area contributed by atoms with Gasteiger partial charge in [-0.3, -0.25) is 0 Å². The van der Waals surface area contributed by atoms with Crippen molar-refractivity contribution in [2.45, 2.75) is 44.4 Å². The Balaban J connectivity index is 1.67. The monoisotopic (exact) mass is 233 g/mol. The average Bonchev–Trinajstić information content (AvgIpc) is 3.22.